The van der Waals surface area contributed by atoms with E-state index in [2.05, 4.69) is 79.7 Å². The van der Waals surface area contributed by atoms with Gasteiger partial charge in [-0.05, 0) is 105 Å². The maximum Gasteiger partial charge on any atom is 0.251 e. The van der Waals surface area contributed by atoms with Crippen molar-refractivity contribution in [2.24, 2.45) is 0 Å². The highest BCUT2D eigenvalue weighted by molar-refractivity contribution is 5.94. The highest BCUT2D eigenvalue weighted by Gasteiger charge is 2.38. The maximum atomic E-state index is 12.9. The highest BCUT2D eigenvalue weighted by atomic mass is 16.5. The minimum Gasteiger partial charge on any atom is -0.489 e. The van der Waals surface area contributed by atoms with Gasteiger partial charge < -0.3 is 20.4 Å². The van der Waals surface area contributed by atoms with Gasteiger partial charge in [0.1, 0.15) is 12.4 Å². The molecular formula is C31H35N3O2. The van der Waals surface area contributed by atoms with Crippen molar-refractivity contribution in [3.63, 3.8) is 0 Å². The molecule has 1 amide bonds. The van der Waals surface area contributed by atoms with Crippen molar-refractivity contribution in [3.05, 3.63) is 90.1 Å². The Bertz CT molecular complexity index is 1350. The number of piperidine rings is 1. The van der Waals surface area contributed by atoms with Gasteiger partial charge in [0.15, 0.2) is 0 Å². The summed E-state index contributed by atoms with van der Waals surface area (Å²) in [4.78, 5) is 16.1. The minimum absolute atomic E-state index is 0.00696. The van der Waals surface area contributed by atoms with Gasteiger partial charge in [0.2, 0.25) is 0 Å². The number of H-pyrrole nitrogens is 1. The van der Waals surface area contributed by atoms with Gasteiger partial charge in [0, 0.05) is 34.4 Å². The minimum atomic E-state index is -0.0203. The summed E-state index contributed by atoms with van der Waals surface area (Å²) in [7, 11) is 0. The highest BCUT2D eigenvalue weighted by Crippen LogP contribution is 2.29. The lowest BCUT2D eigenvalue weighted by molar-refractivity contribution is 0.0873. The average molecular weight is 482 g/mol. The second-order valence-electron chi connectivity index (χ2n) is 11.3. The summed E-state index contributed by atoms with van der Waals surface area (Å²) in [5.41, 5.74) is 5.09. The SMILES string of the molecule is CC1(C)CC(NC(=O)c2ccc(COc3cccc(-c4ccc5[nH]ccc5c4)c3)cc2)CC(C)(C)N1. The van der Waals surface area contributed by atoms with Gasteiger partial charge in [-0.1, -0.05) is 30.3 Å². The molecule has 1 aliphatic rings. The Morgan fingerprint density at radius 3 is 2.39 bits per heavy atom. The molecule has 1 aliphatic heterocycles. The fraction of sp³-hybridized carbons (Fsp3) is 0.323. The van der Waals surface area contributed by atoms with Gasteiger partial charge in [-0.25, -0.2) is 0 Å². The molecule has 0 saturated carbocycles. The molecule has 0 aliphatic carbocycles. The topological polar surface area (TPSA) is 66.1 Å². The quantitative estimate of drug-likeness (QED) is 0.296. The Kier molecular flexibility index (Phi) is 6.35. The fourth-order valence-electron chi connectivity index (χ4n) is 5.61. The first kappa shape index (κ1) is 24.1. The van der Waals surface area contributed by atoms with Gasteiger partial charge in [0.05, 0.1) is 0 Å². The van der Waals surface area contributed by atoms with Crippen molar-refractivity contribution in [1.82, 2.24) is 15.6 Å². The van der Waals surface area contributed by atoms with Gasteiger partial charge in [0.25, 0.3) is 5.91 Å². The Morgan fingerprint density at radius 2 is 1.64 bits per heavy atom. The van der Waals surface area contributed by atoms with Crippen LogP contribution in [-0.4, -0.2) is 28.0 Å². The molecule has 3 N–H and O–H groups in total. The molecular weight excluding hydrogens is 446 g/mol. The zero-order valence-corrected chi connectivity index (χ0v) is 21.5. The number of aromatic nitrogens is 1. The average Bonchev–Trinajstić information content (AvgIpc) is 3.29. The van der Waals surface area contributed by atoms with Crippen molar-refractivity contribution in [2.75, 3.05) is 0 Å². The number of carbonyl (C=O) groups excluding carboxylic acids is 1. The number of fused-ring (bicyclic) bond motifs is 1. The van der Waals surface area contributed by atoms with Crippen molar-refractivity contribution in [1.29, 1.82) is 0 Å². The van der Waals surface area contributed by atoms with Crippen molar-refractivity contribution in [2.45, 2.75) is 64.3 Å². The van der Waals surface area contributed by atoms with Crippen LogP contribution in [0.5, 0.6) is 5.75 Å². The number of hydrogen-bond donors (Lipinski definition) is 3. The van der Waals surface area contributed by atoms with Crippen LogP contribution in [0.1, 0.15) is 56.5 Å². The normalized spacial score (nSPS) is 17.1. The zero-order valence-electron chi connectivity index (χ0n) is 21.5. The number of rotatable bonds is 6. The van der Waals surface area contributed by atoms with E-state index in [1.54, 1.807) is 0 Å². The third-order valence-electron chi connectivity index (χ3n) is 6.87. The largest absolute Gasteiger partial charge is 0.489 e. The fourth-order valence-corrected chi connectivity index (χ4v) is 5.61. The van der Waals surface area contributed by atoms with Crippen molar-refractivity contribution in [3.8, 4) is 16.9 Å². The first-order valence-corrected chi connectivity index (χ1v) is 12.7. The standard InChI is InChI=1S/C31H35N3O2/c1-30(2)18-26(19-31(3,4)34-30)33-29(35)22-10-8-21(9-11-22)20-36-27-7-5-6-23(17-27)24-12-13-28-25(16-24)14-15-32-28/h5-17,26,32,34H,18-20H2,1-4H3,(H,33,35). The zero-order chi connectivity index (χ0) is 25.3. The predicted octanol–water partition coefficient (Wildman–Crippen LogP) is 6.45. The monoisotopic (exact) mass is 481 g/mol. The van der Waals surface area contributed by atoms with Crippen LogP contribution in [0.4, 0.5) is 0 Å². The number of carbonyl (C=O) groups is 1. The Morgan fingerprint density at radius 1 is 0.917 bits per heavy atom. The summed E-state index contributed by atoms with van der Waals surface area (Å²) < 4.78 is 6.08. The summed E-state index contributed by atoms with van der Waals surface area (Å²) in [5, 5.41) is 8.09. The van der Waals surface area contributed by atoms with E-state index in [1.807, 2.05) is 42.6 Å². The van der Waals surface area contributed by atoms with Crippen LogP contribution in [0.15, 0.2) is 79.0 Å². The Labute approximate surface area is 213 Å². The molecule has 4 aromatic rings. The van der Waals surface area contributed by atoms with Crippen LogP contribution < -0.4 is 15.4 Å². The van der Waals surface area contributed by atoms with Gasteiger partial charge >= 0.3 is 0 Å². The van der Waals surface area contributed by atoms with Gasteiger partial charge in [-0.15, -0.1) is 0 Å². The van der Waals surface area contributed by atoms with E-state index in [4.69, 9.17) is 4.74 Å². The Hall–Kier alpha value is -3.57. The lowest BCUT2D eigenvalue weighted by Gasteiger charge is -2.46. The third-order valence-corrected chi connectivity index (χ3v) is 6.87. The second kappa shape index (κ2) is 9.47. The van der Waals surface area contributed by atoms with Gasteiger partial charge in [-0.3, -0.25) is 4.79 Å². The van der Waals surface area contributed by atoms with Crippen LogP contribution >= 0.6 is 0 Å². The van der Waals surface area contributed by atoms with Crippen LogP contribution in [0.2, 0.25) is 0 Å². The van der Waals surface area contributed by atoms with E-state index in [9.17, 15) is 4.79 Å². The van der Waals surface area contributed by atoms with E-state index in [-0.39, 0.29) is 23.0 Å². The van der Waals surface area contributed by atoms with Crippen molar-refractivity contribution >= 4 is 16.8 Å². The molecule has 186 valence electrons. The molecule has 5 heteroatoms. The van der Waals surface area contributed by atoms with E-state index in [0.29, 0.717) is 12.2 Å². The third kappa shape index (κ3) is 5.63. The first-order valence-electron chi connectivity index (χ1n) is 12.7. The number of nitrogens with one attached hydrogen (secondary N) is 3. The second-order valence-corrected chi connectivity index (χ2v) is 11.3. The summed E-state index contributed by atoms with van der Waals surface area (Å²) in [6.45, 7) is 9.21. The molecule has 1 saturated heterocycles. The molecule has 0 spiro atoms. The van der Waals surface area contributed by atoms with Crippen LogP contribution in [0.3, 0.4) is 0 Å². The molecule has 1 aromatic heterocycles. The van der Waals surface area contributed by atoms with Crippen LogP contribution in [-0.2, 0) is 6.61 Å². The van der Waals surface area contributed by atoms with Crippen molar-refractivity contribution < 1.29 is 9.53 Å². The summed E-state index contributed by atoms with van der Waals surface area (Å²) in [6, 6.07) is 24.5. The van der Waals surface area contributed by atoms with E-state index >= 15 is 0 Å². The number of aromatic amines is 1. The lowest BCUT2D eigenvalue weighted by Crippen LogP contribution is -2.62. The number of benzene rings is 3. The molecule has 0 radical (unpaired) electrons. The molecule has 2 heterocycles. The first-order chi connectivity index (χ1) is 17.2. The number of ether oxygens (including phenoxy) is 1. The van der Waals surface area contributed by atoms with E-state index in [0.717, 1.165) is 40.8 Å². The molecule has 0 unspecified atom stereocenters. The smallest absolute Gasteiger partial charge is 0.251 e. The molecule has 36 heavy (non-hydrogen) atoms. The van der Waals surface area contributed by atoms with E-state index < -0.39 is 0 Å². The molecule has 3 aromatic carbocycles. The molecule has 0 bridgehead atoms. The number of hydrogen-bond acceptors (Lipinski definition) is 3. The maximum absolute atomic E-state index is 12.9. The molecule has 1 fully saturated rings. The molecule has 5 nitrogen and oxygen atoms in total. The summed E-state index contributed by atoms with van der Waals surface area (Å²) in [6.07, 6.45) is 3.77. The van der Waals surface area contributed by atoms with Crippen LogP contribution in [0.25, 0.3) is 22.0 Å². The van der Waals surface area contributed by atoms with E-state index in [1.165, 1.54) is 5.39 Å². The summed E-state index contributed by atoms with van der Waals surface area (Å²) in [5.74, 6) is 0.799. The van der Waals surface area contributed by atoms with Gasteiger partial charge in [-0.2, -0.15) is 0 Å². The lowest BCUT2D eigenvalue weighted by atomic mass is 9.79. The van der Waals surface area contributed by atoms with Crippen LogP contribution in [0, 0.1) is 0 Å². The molecule has 5 rings (SSSR count). The Balaban J connectivity index is 1.20. The number of amides is 1. The predicted molar refractivity (Wildman–Crippen MR) is 146 cm³/mol. The summed E-state index contributed by atoms with van der Waals surface area (Å²) >= 11 is 0. The molecule has 0 atom stereocenters.